The summed E-state index contributed by atoms with van der Waals surface area (Å²) in [5.74, 6) is -0.746. The average molecular weight is 528 g/mol. The largest absolute Gasteiger partial charge is 0.416 e. The molecule has 1 amide bonds. The number of hydrogen-bond acceptors (Lipinski definition) is 4. The molecule has 200 valence electrons. The zero-order chi connectivity index (χ0) is 27.0. The van der Waals surface area contributed by atoms with Crippen molar-refractivity contribution in [3.63, 3.8) is 0 Å². The van der Waals surface area contributed by atoms with E-state index in [0.29, 0.717) is 30.7 Å². The molecule has 2 aromatic carbocycles. The van der Waals surface area contributed by atoms with E-state index in [4.69, 9.17) is 9.47 Å². The number of nitrogens with zero attached hydrogens (tertiary/aromatic N) is 1. The first kappa shape index (κ1) is 27.0. The van der Waals surface area contributed by atoms with Crippen LogP contribution in [0, 0.1) is 19.3 Å². The lowest BCUT2D eigenvalue weighted by molar-refractivity contribution is -0.143. The fraction of sp³-hybridized carbons (Fsp3) is 0.423. The van der Waals surface area contributed by atoms with Gasteiger partial charge in [-0.2, -0.15) is 26.3 Å². The molecule has 1 atom stereocenters. The molecule has 0 aromatic heterocycles. The molecule has 11 heteroatoms. The van der Waals surface area contributed by atoms with Crippen LogP contribution in [0.1, 0.15) is 28.7 Å². The molecule has 1 N–H and O–H groups in total. The number of halogens is 6. The molecule has 0 bridgehead atoms. The van der Waals surface area contributed by atoms with Gasteiger partial charge in [0.25, 0.3) is 0 Å². The predicted octanol–water partition coefficient (Wildman–Crippen LogP) is 6.11. The van der Waals surface area contributed by atoms with E-state index in [1.807, 2.05) is 36.9 Å². The second-order valence-electron chi connectivity index (χ2n) is 9.30. The number of rotatable bonds is 4. The summed E-state index contributed by atoms with van der Waals surface area (Å²) in [5, 5.41) is 2.35. The Kier molecular flexibility index (Phi) is 7.31. The highest BCUT2D eigenvalue weighted by molar-refractivity contribution is 5.98. The Morgan fingerprint density at radius 2 is 1.59 bits per heavy atom. The van der Waals surface area contributed by atoms with Gasteiger partial charge in [0, 0.05) is 17.9 Å². The molecule has 2 aliphatic rings. The third kappa shape index (κ3) is 5.62. The Bertz CT molecular complexity index is 1160. The van der Waals surface area contributed by atoms with Crippen molar-refractivity contribution in [2.75, 3.05) is 43.3 Å². The van der Waals surface area contributed by atoms with E-state index in [9.17, 15) is 31.1 Å². The van der Waals surface area contributed by atoms with Gasteiger partial charge in [0.15, 0.2) is 0 Å². The third-order valence-electron chi connectivity index (χ3n) is 6.67. The summed E-state index contributed by atoms with van der Waals surface area (Å²) in [6.07, 6.45) is -7.97. The molecule has 4 rings (SSSR count). The number of carbonyl (C=O) groups excluding carboxylic acids is 1. The lowest BCUT2D eigenvalue weighted by atomic mass is 9.76. The summed E-state index contributed by atoms with van der Waals surface area (Å²) in [7, 11) is 0. The topological polar surface area (TPSA) is 50.8 Å². The maximum Gasteiger partial charge on any atom is 0.416 e. The number of hydrogen-bond donors (Lipinski definition) is 1. The Balaban J connectivity index is 1.75. The normalized spacial score (nSPS) is 21.0. The van der Waals surface area contributed by atoms with Crippen LogP contribution in [-0.4, -0.2) is 39.0 Å². The highest BCUT2D eigenvalue weighted by Crippen LogP contribution is 2.41. The van der Waals surface area contributed by atoms with Crippen LogP contribution >= 0.6 is 0 Å². The lowest BCUT2D eigenvalue weighted by Crippen LogP contribution is -2.55. The van der Waals surface area contributed by atoms with Gasteiger partial charge in [-0.1, -0.05) is 29.8 Å². The van der Waals surface area contributed by atoms with E-state index < -0.39 is 40.5 Å². The van der Waals surface area contributed by atoms with E-state index in [1.165, 1.54) is 0 Å². The van der Waals surface area contributed by atoms with Gasteiger partial charge in [-0.05, 0) is 49.6 Å². The molecule has 1 saturated heterocycles. The van der Waals surface area contributed by atoms with E-state index in [0.717, 1.165) is 16.8 Å². The fourth-order valence-electron chi connectivity index (χ4n) is 4.91. The van der Waals surface area contributed by atoms with Gasteiger partial charge in [0.1, 0.15) is 12.1 Å². The van der Waals surface area contributed by atoms with Crippen molar-refractivity contribution in [2.45, 2.75) is 32.6 Å². The summed E-state index contributed by atoms with van der Waals surface area (Å²) in [6.45, 7) is 4.59. The van der Waals surface area contributed by atoms with Gasteiger partial charge in [0.2, 0.25) is 5.91 Å². The molecule has 0 radical (unpaired) electrons. The van der Waals surface area contributed by atoms with Gasteiger partial charge >= 0.3 is 12.4 Å². The molecule has 2 aromatic rings. The second kappa shape index (κ2) is 10.0. The number of amides is 1. The van der Waals surface area contributed by atoms with E-state index >= 15 is 0 Å². The molecule has 5 nitrogen and oxygen atoms in total. The molecule has 1 fully saturated rings. The molecule has 37 heavy (non-hydrogen) atoms. The highest BCUT2D eigenvalue weighted by atomic mass is 19.4. The number of aryl methyl sites for hydroxylation is 2. The van der Waals surface area contributed by atoms with Crippen LogP contribution < -0.4 is 10.2 Å². The average Bonchev–Trinajstić information content (AvgIpc) is 2.83. The summed E-state index contributed by atoms with van der Waals surface area (Å²) in [6, 6.07) is 6.75. The van der Waals surface area contributed by atoms with Crippen molar-refractivity contribution in [3.8, 4) is 0 Å². The van der Waals surface area contributed by atoms with Crippen molar-refractivity contribution in [1.82, 2.24) is 0 Å². The predicted molar refractivity (Wildman–Crippen MR) is 125 cm³/mol. The molecule has 0 spiro atoms. The molecule has 0 aliphatic carbocycles. The number of carbonyl (C=O) groups is 1. The van der Waals surface area contributed by atoms with Crippen LogP contribution in [0.25, 0.3) is 0 Å². The molecule has 0 saturated carbocycles. The second-order valence-corrected chi connectivity index (χ2v) is 9.30. The van der Waals surface area contributed by atoms with Crippen LogP contribution in [0.5, 0.6) is 0 Å². The summed E-state index contributed by atoms with van der Waals surface area (Å²) < 4.78 is 91.5. The maximum absolute atomic E-state index is 13.8. The van der Waals surface area contributed by atoms with E-state index in [-0.39, 0.29) is 32.6 Å². The van der Waals surface area contributed by atoms with Crippen LogP contribution in [0.2, 0.25) is 0 Å². The first-order chi connectivity index (χ1) is 17.3. The number of benzene rings is 2. The van der Waals surface area contributed by atoms with E-state index in [1.54, 1.807) is 6.08 Å². The summed E-state index contributed by atoms with van der Waals surface area (Å²) in [5.41, 5.74) is -1.57. The van der Waals surface area contributed by atoms with Crippen molar-refractivity contribution in [3.05, 3.63) is 70.3 Å². The van der Waals surface area contributed by atoms with Gasteiger partial charge < -0.3 is 19.7 Å². The fourth-order valence-corrected chi connectivity index (χ4v) is 4.91. The number of para-hydroxylation sites is 1. The van der Waals surface area contributed by atoms with Crippen LogP contribution in [0.15, 0.2) is 48.0 Å². The molecule has 2 heterocycles. The SMILES string of the molecule is Cc1cccc(C)c1N1COCC(C(=O)Nc2cc(C(F)(F)F)cc(C(F)(F)F)c2)(C2=CCOCC2)C1. The highest BCUT2D eigenvalue weighted by Gasteiger charge is 2.47. The number of nitrogens with one attached hydrogen (secondary N) is 1. The Morgan fingerprint density at radius 1 is 0.973 bits per heavy atom. The molecular formula is C26H26F6N2O3. The van der Waals surface area contributed by atoms with Crippen molar-refractivity contribution in [2.24, 2.45) is 5.41 Å². The first-order valence-electron chi connectivity index (χ1n) is 11.6. The minimum atomic E-state index is -5.03. The Labute approximate surface area is 210 Å². The van der Waals surface area contributed by atoms with Crippen LogP contribution in [0.4, 0.5) is 37.7 Å². The minimum absolute atomic E-state index is 0.0266. The van der Waals surface area contributed by atoms with Crippen molar-refractivity contribution < 1.29 is 40.6 Å². The van der Waals surface area contributed by atoms with Crippen molar-refractivity contribution >= 4 is 17.3 Å². The standard InChI is InChI=1S/C26H26F6N2O3/c1-16-4-3-5-17(2)22(16)34-13-24(14-37-15-34,18-6-8-36-9-7-18)23(35)33-21-11-19(25(27,28)29)10-20(12-21)26(30,31)32/h3-6,10-12H,7-9,13-15H2,1-2H3,(H,33,35). The zero-order valence-electron chi connectivity index (χ0n) is 20.2. The zero-order valence-corrected chi connectivity index (χ0v) is 20.2. The lowest BCUT2D eigenvalue weighted by Gasteiger charge is -2.45. The van der Waals surface area contributed by atoms with Gasteiger partial charge in [0.05, 0.1) is 30.9 Å². The van der Waals surface area contributed by atoms with Gasteiger partial charge in [-0.25, -0.2) is 0 Å². The summed E-state index contributed by atoms with van der Waals surface area (Å²) >= 11 is 0. The smallest absolute Gasteiger partial charge is 0.377 e. The summed E-state index contributed by atoms with van der Waals surface area (Å²) in [4.78, 5) is 15.7. The third-order valence-corrected chi connectivity index (χ3v) is 6.67. The van der Waals surface area contributed by atoms with E-state index in [2.05, 4.69) is 5.32 Å². The Hall–Kier alpha value is -3.05. The molecular weight excluding hydrogens is 502 g/mol. The number of anilines is 2. The molecule has 1 unspecified atom stereocenters. The van der Waals surface area contributed by atoms with Crippen LogP contribution in [-0.2, 0) is 26.6 Å². The number of ether oxygens (including phenoxy) is 2. The quantitative estimate of drug-likeness (QED) is 0.385. The first-order valence-corrected chi connectivity index (χ1v) is 11.6. The van der Waals surface area contributed by atoms with Crippen LogP contribution in [0.3, 0.4) is 0 Å². The minimum Gasteiger partial charge on any atom is -0.377 e. The van der Waals surface area contributed by atoms with Gasteiger partial charge in [-0.15, -0.1) is 0 Å². The Morgan fingerprint density at radius 3 is 2.14 bits per heavy atom. The monoisotopic (exact) mass is 528 g/mol. The molecule has 2 aliphatic heterocycles. The number of alkyl halides is 6. The van der Waals surface area contributed by atoms with Gasteiger partial charge in [-0.3, -0.25) is 4.79 Å². The maximum atomic E-state index is 13.8. The van der Waals surface area contributed by atoms with Crippen molar-refractivity contribution in [1.29, 1.82) is 0 Å².